The quantitative estimate of drug-likeness (QED) is 0.824. The summed E-state index contributed by atoms with van der Waals surface area (Å²) in [5.74, 6) is 1.99. The van der Waals surface area contributed by atoms with E-state index in [1.165, 1.54) is 11.1 Å². The first-order chi connectivity index (χ1) is 8.58. The van der Waals surface area contributed by atoms with Gasteiger partial charge in [0.1, 0.15) is 11.5 Å². The minimum absolute atomic E-state index is 0.341. The van der Waals surface area contributed by atoms with Gasteiger partial charge in [0.2, 0.25) is 0 Å². The Bertz CT molecular complexity index is 504. The molecule has 0 amide bonds. The molecule has 0 saturated carbocycles. The molecule has 0 N–H and O–H groups in total. The Morgan fingerprint density at radius 3 is 2.72 bits per heavy atom. The van der Waals surface area contributed by atoms with E-state index < -0.39 is 0 Å². The average Bonchev–Trinajstić information content (AvgIpc) is 2.68. The van der Waals surface area contributed by atoms with Crippen LogP contribution < -0.4 is 0 Å². The molecular formula is C15H20N2O. The summed E-state index contributed by atoms with van der Waals surface area (Å²) in [5.41, 5.74) is 2.49. The zero-order valence-electron chi connectivity index (χ0n) is 11.5. The van der Waals surface area contributed by atoms with E-state index in [2.05, 4.69) is 36.0 Å². The van der Waals surface area contributed by atoms with Gasteiger partial charge in [-0.1, -0.05) is 6.07 Å². The van der Waals surface area contributed by atoms with Crippen molar-refractivity contribution in [3.8, 4) is 0 Å². The van der Waals surface area contributed by atoms with Crippen LogP contribution in [-0.2, 0) is 6.54 Å². The SMILES string of the molecule is Cc1cc(CN(C)C(C)c2cccnc2)c(C)o1. The average molecular weight is 244 g/mol. The van der Waals surface area contributed by atoms with Gasteiger partial charge in [0.15, 0.2) is 0 Å². The number of rotatable bonds is 4. The van der Waals surface area contributed by atoms with Crippen LogP contribution >= 0.6 is 0 Å². The first-order valence-corrected chi connectivity index (χ1v) is 6.24. The summed E-state index contributed by atoms with van der Waals surface area (Å²) < 4.78 is 5.56. The van der Waals surface area contributed by atoms with Gasteiger partial charge in [-0.2, -0.15) is 0 Å². The van der Waals surface area contributed by atoms with Crippen LogP contribution in [0.25, 0.3) is 0 Å². The summed E-state index contributed by atoms with van der Waals surface area (Å²) in [7, 11) is 2.12. The molecule has 96 valence electrons. The van der Waals surface area contributed by atoms with Crippen LogP contribution in [0.3, 0.4) is 0 Å². The number of nitrogens with zero attached hydrogens (tertiary/aromatic N) is 2. The Labute approximate surface area is 108 Å². The van der Waals surface area contributed by atoms with Gasteiger partial charge in [-0.3, -0.25) is 9.88 Å². The lowest BCUT2D eigenvalue weighted by atomic mass is 10.1. The second-order valence-electron chi connectivity index (χ2n) is 4.82. The highest BCUT2D eigenvalue weighted by Gasteiger charge is 2.14. The summed E-state index contributed by atoms with van der Waals surface area (Å²) in [6.07, 6.45) is 3.73. The number of aryl methyl sites for hydroxylation is 2. The molecule has 0 fully saturated rings. The summed E-state index contributed by atoms with van der Waals surface area (Å²) in [6, 6.07) is 6.55. The number of hydrogen-bond donors (Lipinski definition) is 0. The van der Waals surface area contributed by atoms with Crippen molar-refractivity contribution in [3.63, 3.8) is 0 Å². The monoisotopic (exact) mass is 244 g/mol. The first kappa shape index (κ1) is 12.8. The second-order valence-corrected chi connectivity index (χ2v) is 4.82. The molecule has 2 heterocycles. The molecule has 0 aromatic carbocycles. The molecule has 1 unspecified atom stereocenters. The Morgan fingerprint density at radius 1 is 1.39 bits per heavy atom. The van der Waals surface area contributed by atoms with E-state index in [4.69, 9.17) is 4.42 Å². The van der Waals surface area contributed by atoms with Gasteiger partial charge in [-0.25, -0.2) is 0 Å². The number of aromatic nitrogens is 1. The molecule has 2 rings (SSSR count). The third kappa shape index (κ3) is 2.79. The Hall–Kier alpha value is -1.61. The molecule has 0 saturated heterocycles. The van der Waals surface area contributed by atoms with Gasteiger partial charge in [0.25, 0.3) is 0 Å². The van der Waals surface area contributed by atoms with Crippen LogP contribution in [-0.4, -0.2) is 16.9 Å². The van der Waals surface area contributed by atoms with Gasteiger partial charge >= 0.3 is 0 Å². The Kier molecular flexibility index (Phi) is 3.82. The van der Waals surface area contributed by atoms with E-state index in [1.807, 2.05) is 26.1 Å². The summed E-state index contributed by atoms with van der Waals surface area (Å²) in [5, 5.41) is 0. The van der Waals surface area contributed by atoms with Crippen molar-refractivity contribution in [2.24, 2.45) is 0 Å². The number of hydrogen-bond acceptors (Lipinski definition) is 3. The summed E-state index contributed by atoms with van der Waals surface area (Å²) in [6.45, 7) is 7.09. The van der Waals surface area contributed by atoms with E-state index in [9.17, 15) is 0 Å². The topological polar surface area (TPSA) is 29.3 Å². The Balaban J connectivity index is 2.08. The van der Waals surface area contributed by atoms with Crippen molar-refractivity contribution in [1.29, 1.82) is 0 Å². The lowest BCUT2D eigenvalue weighted by Crippen LogP contribution is -2.22. The van der Waals surface area contributed by atoms with Crippen molar-refractivity contribution in [2.45, 2.75) is 33.4 Å². The normalized spacial score (nSPS) is 12.9. The number of pyridine rings is 1. The maximum absolute atomic E-state index is 5.56. The van der Waals surface area contributed by atoms with Gasteiger partial charge in [-0.15, -0.1) is 0 Å². The standard InChI is InChI=1S/C15H20N2O/c1-11-8-15(13(3)18-11)10-17(4)12(2)14-6-5-7-16-9-14/h5-9,12H,10H2,1-4H3. The highest BCUT2D eigenvalue weighted by molar-refractivity contribution is 5.21. The van der Waals surface area contributed by atoms with Crippen molar-refractivity contribution in [1.82, 2.24) is 9.88 Å². The third-order valence-corrected chi connectivity index (χ3v) is 3.39. The fourth-order valence-corrected chi connectivity index (χ4v) is 2.12. The zero-order valence-corrected chi connectivity index (χ0v) is 11.5. The number of furan rings is 1. The van der Waals surface area contributed by atoms with Crippen molar-refractivity contribution in [3.05, 3.63) is 53.2 Å². The Morgan fingerprint density at radius 2 is 2.17 bits per heavy atom. The molecule has 0 aliphatic heterocycles. The van der Waals surface area contributed by atoms with Crippen LogP contribution in [0.1, 0.15) is 35.6 Å². The van der Waals surface area contributed by atoms with Crippen LogP contribution in [0.2, 0.25) is 0 Å². The molecule has 0 radical (unpaired) electrons. The minimum Gasteiger partial charge on any atom is -0.466 e. The largest absolute Gasteiger partial charge is 0.466 e. The van der Waals surface area contributed by atoms with Gasteiger partial charge in [0, 0.05) is 30.5 Å². The van der Waals surface area contributed by atoms with Crippen LogP contribution in [0, 0.1) is 13.8 Å². The maximum Gasteiger partial charge on any atom is 0.105 e. The smallest absolute Gasteiger partial charge is 0.105 e. The van der Waals surface area contributed by atoms with E-state index in [0.717, 1.165) is 18.1 Å². The van der Waals surface area contributed by atoms with Crippen LogP contribution in [0.4, 0.5) is 0 Å². The molecule has 2 aromatic heterocycles. The lowest BCUT2D eigenvalue weighted by molar-refractivity contribution is 0.251. The van der Waals surface area contributed by atoms with Gasteiger partial charge in [0.05, 0.1) is 0 Å². The van der Waals surface area contributed by atoms with Crippen molar-refractivity contribution in [2.75, 3.05) is 7.05 Å². The summed E-state index contributed by atoms with van der Waals surface area (Å²) in [4.78, 5) is 6.47. The predicted octanol–water partition coefficient (Wildman–Crippen LogP) is 3.48. The molecule has 18 heavy (non-hydrogen) atoms. The minimum atomic E-state index is 0.341. The molecular weight excluding hydrogens is 224 g/mol. The van der Waals surface area contributed by atoms with E-state index in [1.54, 1.807) is 6.20 Å². The van der Waals surface area contributed by atoms with E-state index in [0.29, 0.717) is 6.04 Å². The maximum atomic E-state index is 5.56. The van der Waals surface area contributed by atoms with E-state index in [-0.39, 0.29) is 0 Å². The molecule has 0 bridgehead atoms. The lowest BCUT2D eigenvalue weighted by Gasteiger charge is -2.24. The molecule has 1 atom stereocenters. The summed E-state index contributed by atoms with van der Waals surface area (Å²) >= 11 is 0. The second kappa shape index (κ2) is 5.36. The van der Waals surface area contributed by atoms with Crippen molar-refractivity contribution < 1.29 is 4.42 Å². The fourth-order valence-electron chi connectivity index (χ4n) is 2.12. The van der Waals surface area contributed by atoms with E-state index >= 15 is 0 Å². The fraction of sp³-hybridized carbons (Fsp3) is 0.400. The molecule has 2 aromatic rings. The van der Waals surface area contributed by atoms with Crippen LogP contribution in [0.15, 0.2) is 35.0 Å². The highest BCUT2D eigenvalue weighted by Crippen LogP contribution is 2.22. The third-order valence-electron chi connectivity index (χ3n) is 3.39. The molecule has 3 heteroatoms. The highest BCUT2D eigenvalue weighted by atomic mass is 16.3. The molecule has 0 aliphatic carbocycles. The first-order valence-electron chi connectivity index (χ1n) is 6.24. The molecule has 0 spiro atoms. The molecule has 3 nitrogen and oxygen atoms in total. The van der Waals surface area contributed by atoms with Crippen LogP contribution in [0.5, 0.6) is 0 Å². The van der Waals surface area contributed by atoms with Crippen molar-refractivity contribution >= 4 is 0 Å². The molecule has 0 aliphatic rings. The zero-order chi connectivity index (χ0) is 13.1. The van der Waals surface area contributed by atoms with Gasteiger partial charge in [-0.05, 0) is 45.5 Å². The van der Waals surface area contributed by atoms with Gasteiger partial charge < -0.3 is 4.42 Å². The predicted molar refractivity (Wildman–Crippen MR) is 72.3 cm³/mol.